The van der Waals surface area contributed by atoms with Gasteiger partial charge in [0.1, 0.15) is 0 Å². The molecule has 1 fully saturated rings. The van der Waals surface area contributed by atoms with Gasteiger partial charge in [0.15, 0.2) is 0 Å². The van der Waals surface area contributed by atoms with Crippen molar-refractivity contribution in [3.8, 4) is 22.3 Å². The lowest BCUT2D eigenvalue weighted by Crippen LogP contribution is -2.23. The number of benzene rings is 2. The third-order valence-corrected chi connectivity index (χ3v) is 5.31. The minimum absolute atomic E-state index is 0.519. The molecule has 0 N–H and O–H groups in total. The van der Waals surface area contributed by atoms with E-state index in [9.17, 15) is 0 Å². The van der Waals surface area contributed by atoms with Gasteiger partial charge in [-0.25, -0.2) is 0 Å². The monoisotopic (exact) mass is 328 g/mol. The fourth-order valence-corrected chi connectivity index (χ4v) is 3.69. The van der Waals surface area contributed by atoms with Crippen LogP contribution in [0.3, 0.4) is 0 Å². The van der Waals surface area contributed by atoms with Crippen LogP contribution in [0.2, 0.25) is 0 Å². The quantitative estimate of drug-likeness (QED) is 0.622. The highest BCUT2D eigenvalue weighted by Crippen LogP contribution is 2.28. The Bertz CT molecular complexity index is 801. The molecular formula is C23H24N2. The predicted molar refractivity (Wildman–Crippen MR) is 104 cm³/mol. The van der Waals surface area contributed by atoms with Crippen molar-refractivity contribution in [3.05, 3.63) is 78.6 Å². The van der Waals surface area contributed by atoms with Crippen molar-refractivity contribution in [2.75, 3.05) is 13.1 Å². The number of aromatic nitrogens is 1. The fourth-order valence-electron chi connectivity index (χ4n) is 3.69. The van der Waals surface area contributed by atoms with Gasteiger partial charge < -0.3 is 0 Å². The van der Waals surface area contributed by atoms with Crippen LogP contribution in [-0.4, -0.2) is 23.0 Å². The summed E-state index contributed by atoms with van der Waals surface area (Å²) in [6, 6.07) is 22.5. The molecule has 0 unspecified atom stereocenters. The van der Waals surface area contributed by atoms with Crippen molar-refractivity contribution < 1.29 is 0 Å². The van der Waals surface area contributed by atoms with E-state index in [4.69, 9.17) is 0 Å². The molecule has 3 aromatic rings. The first-order valence-electron chi connectivity index (χ1n) is 9.16. The van der Waals surface area contributed by atoms with Crippen LogP contribution in [0.1, 0.15) is 31.4 Å². The van der Waals surface area contributed by atoms with Gasteiger partial charge in [-0.2, -0.15) is 0 Å². The number of pyridine rings is 1. The van der Waals surface area contributed by atoms with Crippen molar-refractivity contribution in [1.29, 1.82) is 0 Å². The Balaban J connectivity index is 1.52. The smallest absolute Gasteiger partial charge is 0.0319 e. The molecule has 25 heavy (non-hydrogen) atoms. The molecule has 0 saturated carbocycles. The van der Waals surface area contributed by atoms with Crippen molar-refractivity contribution in [2.45, 2.75) is 25.8 Å². The van der Waals surface area contributed by atoms with Gasteiger partial charge in [0.05, 0.1) is 0 Å². The van der Waals surface area contributed by atoms with E-state index >= 15 is 0 Å². The van der Waals surface area contributed by atoms with Gasteiger partial charge in [-0.05, 0) is 72.8 Å². The molecule has 0 amide bonds. The van der Waals surface area contributed by atoms with E-state index in [0.717, 1.165) is 0 Å². The second kappa shape index (κ2) is 7.20. The van der Waals surface area contributed by atoms with Crippen LogP contribution >= 0.6 is 0 Å². The molecule has 0 spiro atoms. The molecule has 2 heteroatoms. The van der Waals surface area contributed by atoms with Gasteiger partial charge in [0.2, 0.25) is 0 Å². The van der Waals surface area contributed by atoms with E-state index in [2.05, 4.69) is 65.3 Å². The van der Waals surface area contributed by atoms with E-state index in [1.165, 1.54) is 53.7 Å². The molecule has 4 rings (SSSR count). The highest BCUT2D eigenvalue weighted by molar-refractivity contribution is 5.70. The first kappa shape index (κ1) is 16.0. The van der Waals surface area contributed by atoms with Gasteiger partial charge in [0.25, 0.3) is 0 Å². The molecule has 126 valence electrons. The summed E-state index contributed by atoms with van der Waals surface area (Å²) in [7, 11) is 0. The minimum Gasteiger partial charge on any atom is -0.297 e. The Labute approximate surface area is 150 Å². The number of likely N-dealkylation sites (tertiary alicyclic amines) is 1. The maximum absolute atomic E-state index is 4.08. The van der Waals surface area contributed by atoms with Gasteiger partial charge in [-0.3, -0.25) is 9.88 Å². The molecule has 1 saturated heterocycles. The number of rotatable bonds is 4. The summed E-state index contributed by atoms with van der Waals surface area (Å²) in [5, 5.41) is 0. The second-order valence-electron chi connectivity index (χ2n) is 6.85. The highest BCUT2D eigenvalue weighted by atomic mass is 15.2. The normalized spacial score (nSPS) is 16.0. The van der Waals surface area contributed by atoms with Crippen LogP contribution < -0.4 is 0 Å². The lowest BCUT2D eigenvalue weighted by Gasteiger charge is -2.24. The largest absolute Gasteiger partial charge is 0.297 e. The third kappa shape index (κ3) is 3.49. The molecule has 1 aliphatic heterocycles. The zero-order valence-electron chi connectivity index (χ0n) is 14.7. The van der Waals surface area contributed by atoms with E-state index in [0.29, 0.717) is 6.04 Å². The molecule has 1 atom stereocenters. The molecule has 0 bridgehead atoms. The molecule has 0 aliphatic carbocycles. The fraction of sp³-hybridized carbons (Fsp3) is 0.261. The zero-order valence-corrected chi connectivity index (χ0v) is 14.7. The maximum atomic E-state index is 4.08. The van der Waals surface area contributed by atoms with Crippen molar-refractivity contribution >= 4 is 0 Å². The topological polar surface area (TPSA) is 16.1 Å². The van der Waals surface area contributed by atoms with Crippen LogP contribution in [0.4, 0.5) is 0 Å². The molecule has 1 aromatic heterocycles. The average molecular weight is 328 g/mol. The van der Waals surface area contributed by atoms with E-state index < -0.39 is 0 Å². The Morgan fingerprint density at radius 3 is 1.64 bits per heavy atom. The summed E-state index contributed by atoms with van der Waals surface area (Å²) in [5.41, 5.74) is 6.39. The minimum atomic E-state index is 0.519. The van der Waals surface area contributed by atoms with Gasteiger partial charge in [-0.15, -0.1) is 0 Å². The lowest BCUT2D eigenvalue weighted by molar-refractivity contribution is 0.263. The molecule has 1 aliphatic rings. The summed E-state index contributed by atoms with van der Waals surface area (Å²) in [4.78, 5) is 6.67. The molecule has 2 nitrogen and oxygen atoms in total. The van der Waals surface area contributed by atoms with Crippen molar-refractivity contribution in [1.82, 2.24) is 9.88 Å². The number of hydrogen-bond donors (Lipinski definition) is 0. The van der Waals surface area contributed by atoms with Crippen LogP contribution in [0.15, 0.2) is 73.1 Å². The second-order valence-corrected chi connectivity index (χ2v) is 6.85. The van der Waals surface area contributed by atoms with Crippen LogP contribution in [0, 0.1) is 0 Å². The van der Waals surface area contributed by atoms with Gasteiger partial charge in [0, 0.05) is 18.4 Å². The highest BCUT2D eigenvalue weighted by Gasteiger charge is 2.19. The van der Waals surface area contributed by atoms with E-state index in [1.807, 2.05) is 24.5 Å². The number of nitrogens with zero attached hydrogens (tertiary/aromatic N) is 2. The summed E-state index contributed by atoms with van der Waals surface area (Å²) in [5.74, 6) is 0. The van der Waals surface area contributed by atoms with Crippen molar-refractivity contribution in [3.63, 3.8) is 0 Å². The summed E-state index contributed by atoms with van der Waals surface area (Å²) in [6.07, 6.45) is 6.35. The first-order valence-corrected chi connectivity index (χ1v) is 9.16. The van der Waals surface area contributed by atoms with E-state index in [-0.39, 0.29) is 0 Å². The lowest BCUT2D eigenvalue weighted by atomic mass is 9.98. The summed E-state index contributed by atoms with van der Waals surface area (Å²) in [6.45, 7) is 4.79. The van der Waals surface area contributed by atoms with Crippen molar-refractivity contribution in [2.24, 2.45) is 0 Å². The van der Waals surface area contributed by atoms with Gasteiger partial charge in [-0.1, -0.05) is 48.5 Å². The molecular weight excluding hydrogens is 304 g/mol. The molecule has 2 aromatic carbocycles. The Morgan fingerprint density at radius 1 is 0.680 bits per heavy atom. The SMILES string of the molecule is C[C@@H](c1ccc(-c2ccc(-c3ccncc3)cc2)cc1)N1CCCC1. The standard InChI is InChI=1S/C23H24N2/c1-18(25-16-2-3-17-25)19-4-6-20(7-5-19)21-8-10-22(11-9-21)23-12-14-24-15-13-23/h4-15,18H,2-3,16-17H2,1H3/t18-/m0/s1. The van der Waals surface area contributed by atoms with Crippen LogP contribution in [-0.2, 0) is 0 Å². The van der Waals surface area contributed by atoms with Crippen LogP contribution in [0.5, 0.6) is 0 Å². The summed E-state index contributed by atoms with van der Waals surface area (Å²) >= 11 is 0. The molecule has 2 heterocycles. The van der Waals surface area contributed by atoms with Gasteiger partial charge >= 0.3 is 0 Å². The predicted octanol–water partition coefficient (Wildman–Crippen LogP) is 5.57. The maximum Gasteiger partial charge on any atom is 0.0319 e. The Hall–Kier alpha value is -2.45. The summed E-state index contributed by atoms with van der Waals surface area (Å²) < 4.78 is 0. The number of hydrogen-bond acceptors (Lipinski definition) is 2. The van der Waals surface area contributed by atoms with Crippen LogP contribution in [0.25, 0.3) is 22.3 Å². The molecule has 0 radical (unpaired) electrons. The third-order valence-electron chi connectivity index (χ3n) is 5.31. The van der Waals surface area contributed by atoms with E-state index in [1.54, 1.807) is 0 Å². The first-order chi connectivity index (χ1) is 12.3. The Morgan fingerprint density at radius 2 is 1.12 bits per heavy atom. The zero-order chi connectivity index (χ0) is 17.1. The average Bonchev–Trinajstić information content (AvgIpc) is 3.23. The Kier molecular flexibility index (Phi) is 4.62.